The van der Waals surface area contributed by atoms with E-state index in [1.807, 2.05) is 6.07 Å². The second kappa shape index (κ2) is 5.49. The molecular formula is C18H21FN2. The summed E-state index contributed by atoms with van der Waals surface area (Å²) in [5.41, 5.74) is 12.2. The van der Waals surface area contributed by atoms with E-state index in [-0.39, 0.29) is 11.9 Å². The van der Waals surface area contributed by atoms with Crippen LogP contribution >= 0.6 is 0 Å². The predicted octanol–water partition coefficient (Wildman–Crippen LogP) is 3.51. The lowest BCUT2D eigenvalue weighted by molar-refractivity contribution is 0.625. The molecule has 2 nitrogen and oxygen atoms in total. The van der Waals surface area contributed by atoms with Gasteiger partial charge in [0.2, 0.25) is 0 Å². The zero-order valence-corrected chi connectivity index (χ0v) is 12.6. The van der Waals surface area contributed by atoms with Gasteiger partial charge in [-0.25, -0.2) is 4.39 Å². The van der Waals surface area contributed by atoms with Crippen molar-refractivity contribution in [2.24, 2.45) is 5.73 Å². The van der Waals surface area contributed by atoms with Crippen LogP contribution in [0.1, 0.15) is 28.3 Å². The Labute approximate surface area is 125 Å². The summed E-state index contributed by atoms with van der Waals surface area (Å²) < 4.78 is 13.5. The standard InChI is InChI=1S/C18H21FN2/c1-12-3-4-13(2)16(9-12)17(20)11-21-8-7-14-5-6-15(19)10-18(14)21/h3-6,9-10,17H,7-8,11,20H2,1-2H3. The van der Waals surface area contributed by atoms with E-state index in [1.165, 1.54) is 28.3 Å². The Morgan fingerprint density at radius 3 is 2.81 bits per heavy atom. The molecule has 0 radical (unpaired) electrons. The Balaban J connectivity index is 1.82. The summed E-state index contributed by atoms with van der Waals surface area (Å²) in [4.78, 5) is 2.20. The molecule has 1 unspecified atom stereocenters. The maximum absolute atomic E-state index is 13.5. The van der Waals surface area contributed by atoms with Gasteiger partial charge in [0.25, 0.3) is 0 Å². The summed E-state index contributed by atoms with van der Waals surface area (Å²) in [6.45, 7) is 5.81. The van der Waals surface area contributed by atoms with Crippen LogP contribution in [0.3, 0.4) is 0 Å². The van der Waals surface area contributed by atoms with E-state index < -0.39 is 0 Å². The molecule has 0 spiro atoms. The lowest BCUT2D eigenvalue weighted by Gasteiger charge is -2.25. The third-order valence-corrected chi connectivity index (χ3v) is 4.29. The van der Waals surface area contributed by atoms with E-state index in [4.69, 9.17) is 5.73 Å². The number of rotatable bonds is 3. The average molecular weight is 284 g/mol. The molecule has 110 valence electrons. The number of hydrogen-bond donors (Lipinski definition) is 1. The number of anilines is 1. The fraction of sp³-hybridized carbons (Fsp3) is 0.333. The summed E-state index contributed by atoms with van der Waals surface area (Å²) >= 11 is 0. The van der Waals surface area contributed by atoms with Crippen molar-refractivity contribution in [2.45, 2.75) is 26.3 Å². The van der Waals surface area contributed by atoms with Crippen LogP contribution < -0.4 is 10.6 Å². The van der Waals surface area contributed by atoms with E-state index in [9.17, 15) is 4.39 Å². The third kappa shape index (κ3) is 2.79. The fourth-order valence-corrected chi connectivity index (χ4v) is 3.10. The zero-order chi connectivity index (χ0) is 15.0. The highest BCUT2D eigenvalue weighted by molar-refractivity contribution is 5.58. The van der Waals surface area contributed by atoms with E-state index in [0.717, 1.165) is 25.2 Å². The zero-order valence-electron chi connectivity index (χ0n) is 12.6. The van der Waals surface area contributed by atoms with Gasteiger partial charge in [0.15, 0.2) is 0 Å². The first-order valence-electron chi connectivity index (χ1n) is 7.40. The van der Waals surface area contributed by atoms with Crippen LogP contribution in [-0.4, -0.2) is 13.1 Å². The van der Waals surface area contributed by atoms with Gasteiger partial charge in [0, 0.05) is 24.8 Å². The molecule has 3 heteroatoms. The van der Waals surface area contributed by atoms with Crippen molar-refractivity contribution < 1.29 is 4.39 Å². The number of benzene rings is 2. The smallest absolute Gasteiger partial charge is 0.125 e. The van der Waals surface area contributed by atoms with Crippen LogP contribution in [0.2, 0.25) is 0 Å². The predicted molar refractivity (Wildman–Crippen MR) is 85.2 cm³/mol. The SMILES string of the molecule is Cc1ccc(C)c(C(N)CN2CCc3ccc(F)cc32)c1. The van der Waals surface area contributed by atoms with Crippen molar-refractivity contribution in [2.75, 3.05) is 18.0 Å². The molecule has 0 aromatic heterocycles. The molecule has 0 aliphatic carbocycles. The summed E-state index contributed by atoms with van der Waals surface area (Å²) in [6, 6.07) is 11.4. The first-order valence-corrected chi connectivity index (χ1v) is 7.40. The Kier molecular flexibility index (Phi) is 3.68. The van der Waals surface area contributed by atoms with Gasteiger partial charge in [-0.05, 0) is 49.1 Å². The Morgan fingerprint density at radius 1 is 1.19 bits per heavy atom. The van der Waals surface area contributed by atoms with Gasteiger partial charge >= 0.3 is 0 Å². The van der Waals surface area contributed by atoms with Crippen molar-refractivity contribution in [1.82, 2.24) is 0 Å². The van der Waals surface area contributed by atoms with Crippen LogP contribution in [0.15, 0.2) is 36.4 Å². The van der Waals surface area contributed by atoms with Gasteiger partial charge < -0.3 is 10.6 Å². The summed E-state index contributed by atoms with van der Waals surface area (Å²) in [7, 11) is 0. The number of halogens is 1. The molecule has 0 amide bonds. The first kappa shape index (κ1) is 14.1. The topological polar surface area (TPSA) is 29.3 Å². The second-order valence-electron chi connectivity index (χ2n) is 5.94. The largest absolute Gasteiger partial charge is 0.369 e. The number of aryl methyl sites for hydroxylation is 2. The van der Waals surface area contributed by atoms with E-state index in [0.29, 0.717) is 0 Å². The highest BCUT2D eigenvalue weighted by atomic mass is 19.1. The van der Waals surface area contributed by atoms with Crippen LogP contribution in [0.5, 0.6) is 0 Å². The Hall–Kier alpha value is -1.87. The molecule has 2 aromatic carbocycles. The van der Waals surface area contributed by atoms with Gasteiger partial charge in [0.05, 0.1) is 0 Å². The molecule has 0 saturated carbocycles. The van der Waals surface area contributed by atoms with Gasteiger partial charge in [-0.2, -0.15) is 0 Å². The molecular weight excluding hydrogens is 263 g/mol. The molecule has 0 bridgehead atoms. The van der Waals surface area contributed by atoms with E-state index in [2.05, 4.69) is 36.9 Å². The lowest BCUT2D eigenvalue weighted by atomic mass is 9.99. The Morgan fingerprint density at radius 2 is 2.00 bits per heavy atom. The van der Waals surface area contributed by atoms with Crippen LogP contribution in [0.4, 0.5) is 10.1 Å². The van der Waals surface area contributed by atoms with Crippen LogP contribution in [0.25, 0.3) is 0 Å². The van der Waals surface area contributed by atoms with Crippen molar-refractivity contribution in [3.8, 4) is 0 Å². The molecule has 0 fully saturated rings. The minimum atomic E-state index is -0.180. The van der Waals surface area contributed by atoms with Crippen LogP contribution in [0, 0.1) is 19.7 Å². The third-order valence-electron chi connectivity index (χ3n) is 4.29. The van der Waals surface area contributed by atoms with E-state index in [1.54, 1.807) is 6.07 Å². The maximum Gasteiger partial charge on any atom is 0.125 e. The number of hydrogen-bond acceptors (Lipinski definition) is 2. The number of fused-ring (bicyclic) bond motifs is 1. The van der Waals surface area contributed by atoms with Crippen molar-refractivity contribution in [3.63, 3.8) is 0 Å². The number of nitrogens with two attached hydrogens (primary N) is 1. The maximum atomic E-state index is 13.5. The van der Waals surface area contributed by atoms with Crippen molar-refractivity contribution in [1.29, 1.82) is 0 Å². The highest BCUT2D eigenvalue weighted by Gasteiger charge is 2.22. The minimum absolute atomic E-state index is 0.0564. The molecule has 0 saturated heterocycles. The van der Waals surface area contributed by atoms with Gasteiger partial charge in [-0.3, -0.25) is 0 Å². The molecule has 1 atom stereocenters. The summed E-state index contributed by atoms with van der Waals surface area (Å²) in [5.74, 6) is -0.180. The lowest BCUT2D eigenvalue weighted by Crippen LogP contribution is -2.31. The minimum Gasteiger partial charge on any atom is -0.369 e. The van der Waals surface area contributed by atoms with Gasteiger partial charge in [0.1, 0.15) is 5.82 Å². The highest BCUT2D eigenvalue weighted by Crippen LogP contribution is 2.30. The van der Waals surface area contributed by atoms with Crippen molar-refractivity contribution in [3.05, 3.63) is 64.5 Å². The first-order chi connectivity index (χ1) is 10.0. The monoisotopic (exact) mass is 284 g/mol. The van der Waals surface area contributed by atoms with Crippen LogP contribution in [-0.2, 0) is 6.42 Å². The normalized spacial score (nSPS) is 15.1. The summed E-state index contributed by atoms with van der Waals surface area (Å²) in [5, 5.41) is 0. The van der Waals surface area contributed by atoms with E-state index >= 15 is 0 Å². The molecule has 21 heavy (non-hydrogen) atoms. The molecule has 1 aliphatic rings. The summed E-state index contributed by atoms with van der Waals surface area (Å²) in [6.07, 6.45) is 0.967. The second-order valence-corrected chi connectivity index (χ2v) is 5.94. The molecule has 3 rings (SSSR count). The average Bonchev–Trinajstić information content (AvgIpc) is 2.84. The Bertz CT molecular complexity index is 666. The van der Waals surface area contributed by atoms with Crippen molar-refractivity contribution >= 4 is 5.69 Å². The quantitative estimate of drug-likeness (QED) is 0.934. The molecule has 2 N–H and O–H groups in total. The molecule has 2 aromatic rings. The van der Waals surface area contributed by atoms with Gasteiger partial charge in [-0.1, -0.05) is 29.8 Å². The molecule has 1 aliphatic heterocycles. The van der Waals surface area contributed by atoms with Gasteiger partial charge in [-0.15, -0.1) is 0 Å². The fourth-order valence-electron chi connectivity index (χ4n) is 3.10. The number of nitrogens with zero attached hydrogens (tertiary/aromatic N) is 1. The molecule has 1 heterocycles.